The topological polar surface area (TPSA) is 28.5 Å². The van der Waals surface area contributed by atoms with Crippen molar-refractivity contribution in [2.24, 2.45) is 4.99 Å². The van der Waals surface area contributed by atoms with Gasteiger partial charge < -0.3 is 4.90 Å². The fourth-order valence-electron chi connectivity index (χ4n) is 4.13. The minimum atomic E-state index is -4.46. The van der Waals surface area contributed by atoms with Gasteiger partial charge in [-0.3, -0.25) is 0 Å². The number of aliphatic imine (C=N–C) groups is 1. The quantitative estimate of drug-likeness (QED) is 0.253. The molecule has 182 valence electrons. The molecule has 0 saturated carbocycles. The summed E-state index contributed by atoms with van der Waals surface area (Å²) in [5.74, 6) is 0. The van der Waals surface area contributed by atoms with Gasteiger partial charge in [-0.15, -0.1) is 23.7 Å². The van der Waals surface area contributed by atoms with Crippen LogP contribution in [0.1, 0.15) is 52.6 Å². The molecule has 0 unspecified atom stereocenters. The number of benzene rings is 2. The molecule has 4 rings (SSSR count). The average molecular weight is 508 g/mol. The molecule has 0 fully saturated rings. The van der Waals surface area contributed by atoms with Gasteiger partial charge in [-0.05, 0) is 73.9 Å². The van der Waals surface area contributed by atoms with E-state index in [0.29, 0.717) is 16.3 Å². The van der Waals surface area contributed by atoms with Gasteiger partial charge in [0.2, 0.25) is 0 Å². The van der Waals surface area contributed by atoms with Crippen LogP contribution in [0.3, 0.4) is 0 Å². The van der Waals surface area contributed by atoms with E-state index < -0.39 is 11.7 Å². The second kappa shape index (κ2) is 10.9. The Hall–Kier alpha value is -2.38. The highest BCUT2D eigenvalue weighted by molar-refractivity contribution is 7.10. The van der Waals surface area contributed by atoms with Crippen LogP contribution in [-0.4, -0.2) is 29.8 Å². The van der Waals surface area contributed by atoms with E-state index in [1.807, 2.05) is 24.3 Å². The van der Waals surface area contributed by atoms with Crippen LogP contribution < -0.4 is 0 Å². The molecular formula is C26H29ClF3N3S. The zero-order valence-corrected chi connectivity index (χ0v) is 21.2. The van der Waals surface area contributed by atoms with Crippen LogP contribution in [0.2, 0.25) is 0 Å². The third-order valence-corrected chi connectivity index (χ3v) is 7.01. The molecule has 0 atom stereocenters. The number of thiazole rings is 1. The van der Waals surface area contributed by atoms with E-state index in [1.165, 1.54) is 35.3 Å². The van der Waals surface area contributed by atoms with Gasteiger partial charge >= 0.3 is 6.18 Å². The van der Waals surface area contributed by atoms with Crippen molar-refractivity contribution in [1.29, 1.82) is 0 Å². The molecule has 1 heterocycles. The smallest absolute Gasteiger partial charge is 0.366 e. The molecule has 0 spiro atoms. The fraction of sp³-hybridized carbons (Fsp3) is 0.385. The largest absolute Gasteiger partial charge is 0.416 e. The summed E-state index contributed by atoms with van der Waals surface area (Å²) in [5, 5.41) is 2.62. The first kappa shape index (κ1) is 26.2. The number of hydrogen-bond donors (Lipinski definition) is 0. The summed E-state index contributed by atoms with van der Waals surface area (Å²) in [6.45, 7) is 4.47. The average Bonchev–Trinajstić information content (AvgIpc) is 3.25. The molecule has 3 nitrogen and oxygen atoms in total. The molecule has 0 N–H and O–H groups in total. The Morgan fingerprint density at radius 2 is 1.85 bits per heavy atom. The van der Waals surface area contributed by atoms with Crippen molar-refractivity contribution < 1.29 is 13.2 Å². The Labute approximate surface area is 209 Å². The van der Waals surface area contributed by atoms with Gasteiger partial charge in [0.25, 0.3) is 0 Å². The van der Waals surface area contributed by atoms with Gasteiger partial charge in [0, 0.05) is 31.0 Å². The van der Waals surface area contributed by atoms with Gasteiger partial charge in [0.1, 0.15) is 0 Å². The van der Waals surface area contributed by atoms with Crippen LogP contribution in [0.15, 0.2) is 40.7 Å². The lowest BCUT2D eigenvalue weighted by Gasteiger charge is -2.16. The summed E-state index contributed by atoms with van der Waals surface area (Å²) in [7, 11) is 1.83. The Morgan fingerprint density at radius 1 is 1.12 bits per heavy atom. The maximum atomic E-state index is 13.9. The highest BCUT2D eigenvalue weighted by Gasteiger charge is 2.34. The van der Waals surface area contributed by atoms with Gasteiger partial charge in [0.05, 0.1) is 28.3 Å². The SMILES string of the molecule is CCN(C)C=Nc1cc(C(F)(F)F)c(Cc2nc(-c3ccc4c(c3)CCCC4)cs2)cc1C.Cl. The first-order chi connectivity index (χ1) is 15.7. The summed E-state index contributed by atoms with van der Waals surface area (Å²) < 4.78 is 41.6. The monoisotopic (exact) mass is 507 g/mol. The minimum Gasteiger partial charge on any atom is -0.366 e. The molecule has 34 heavy (non-hydrogen) atoms. The zero-order valence-electron chi connectivity index (χ0n) is 19.6. The van der Waals surface area contributed by atoms with E-state index in [4.69, 9.17) is 0 Å². The summed E-state index contributed by atoms with van der Waals surface area (Å²) in [4.78, 5) is 10.8. The van der Waals surface area contributed by atoms with Crippen molar-refractivity contribution in [2.75, 3.05) is 13.6 Å². The van der Waals surface area contributed by atoms with Crippen molar-refractivity contribution in [2.45, 2.75) is 52.1 Å². The number of aromatic nitrogens is 1. The molecule has 1 aliphatic rings. The summed E-state index contributed by atoms with van der Waals surface area (Å²) >= 11 is 1.41. The van der Waals surface area contributed by atoms with Crippen LogP contribution in [0.25, 0.3) is 11.3 Å². The number of rotatable bonds is 6. The Kier molecular flexibility index (Phi) is 8.42. The standard InChI is InChI=1S/C26H28F3N3S.ClH/c1-4-32(3)16-30-23-14-22(26(27,28)29)21(11-17(23)2)13-25-31-24(15-33-25)20-10-9-18-7-5-6-8-19(18)12-20;/h9-12,14-16H,4-8,13H2,1-3H3;1H. The van der Waals surface area contributed by atoms with Gasteiger partial charge in [-0.1, -0.05) is 18.2 Å². The molecule has 2 aromatic carbocycles. The molecule has 0 aliphatic heterocycles. The molecule has 8 heteroatoms. The first-order valence-corrected chi connectivity index (χ1v) is 12.1. The number of alkyl halides is 3. The lowest BCUT2D eigenvalue weighted by atomic mass is 9.90. The van der Waals surface area contributed by atoms with E-state index in [9.17, 15) is 13.2 Å². The van der Waals surface area contributed by atoms with E-state index in [0.717, 1.165) is 36.7 Å². The van der Waals surface area contributed by atoms with Crippen molar-refractivity contribution >= 4 is 35.8 Å². The molecule has 0 amide bonds. The maximum Gasteiger partial charge on any atom is 0.416 e. The highest BCUT2D eigenvalue weighted by Crippen LogP contribution is 2.38. The third-order valence-electron chi connectivity index (χ3n) is 6.16. The fourth-order valence-corrected chi connectivity index (χ4v) is 4.95. The normalized spacial score (nSPS) is 13.6. The number of fused-ring (bicyclic) bond motifs is 1. The van der Waals surface area contributed by atoms with E-state index in [-0.39, 0.29) is 24.4 Å². The Morgan fingerprint density at radius 3 is 2.56 bits per heavy atom. The summed E-state index contributed by atoms with van der Waals surface area (Å²) in [6.07, 6.45) is 1.88. The number of halogens is 4. The van der Waals surface area contributed by atoms with E-state index >= 15 is 0 Å². The van der Waals surface area contributed by atoms with Crippen molar-refractivity contribution in [3.05, 3.63) is 68.5 Å². The maximum absolute atomic E-state index is 13.9. The zero-order chi connectivity index (χ0) is 23.6. The highest BCUT2D eigenvalue weighted by atomic mass is 35.5. The third kappa shape index (κ3) is 5.99. The van der Waals surface area contributed by atoms with Crippen LogP contribution in [0.5, 0.6) is 0 Å². The van der Waals surface area contributed by atoms with Crippen LogP contribution >= 0.6 is 23.7 Å². The lowest BCUT2D eigenvalue weighted by molar-refractivity contribution is -0.138. The van der Waals surface area contributed by atoms with Gasteiger partial charge in [0.15, 0.2) is 0 Å². The second-order valence-corrected chi connectivity index (χ2v) is 9.55. The Balaban J connectivity index is 0.00000324. The van der Waals surface area contributed by atoms with E-state index in [1.54, 1.807) is 19.3 Å². The molecule has 1 aliphatic carbocycles. The van der Waals surface area contributed by atoms with Crippen molar-refractivity contribution in [1.82, 2.24) is 9.88 Å². The predicted molar refractivity (Wildman–Crippen MR) is 137 cm³/mol. The number of aryl methyl sites for hydroxylation is 3. The summed E-state index contributed by atoms with van der Waals surface area (Å²) in [6, 6.07) is 9.19. The summed E-state index contributed by atoms with van der Waals surface area (Å²) in [5.41, 5.74) is 5.27. The number of nitrogens with zero attached hydrogens (tertiary/aromatic N) is 3. The lowest BCUT2D eigenvalue weighted by Crippen LogP contribution is -2.14. The first-order valence-electron chi connectivity index (χ1n) is 11.3. The molecular weight excluding hydrogens is 479 g/mol. The van der Waals surface area contributed by atoms with Gasteiger partial charge in [-0.25, -0.2) is 9.98 Å². The Bertz CT molecular complexity index is 1170. The van der Waals surface area contributed by atoms with Crippen LogP contribution in [-0.2, 0) is 25.4 Å². The predicted octanol–water partition coefficient (Wildman–Crippen LogP) is 7.64. The molecule has 0 radical (unpaired) electrons. The van der Waals surface area contributed by atoms with Crippen LogP contribution in [0, 0.1) is 6.92 Å². The molecule has 3 aromatic rings. The van der Waals surface area contributed by atoms with Crippen molar-refractivity contribution in [3.8, 4) is 11.3 Å². The second-order valence-electron chi connectivity index (χ2n) is 8.61. The van der Waals surface area contributed by atoms with Crippen LogP contribution in [0.4, 0.5) is 18.9 Å². The van der Waals surface area contributed by atoms with E-state index in [2.05, 4.69) is 28.2 Å². The van der Waals surface area contributed by atoms with Crippen molar-refractivity contribution in [3.63, 3.8) is 0 Å². The molecule has 1 aromatic heterocycles. The minimum absolute atomic E-state index is 0. The van der Waals surface area contributed by atoms with Gasteiger partial charge in [-0.2, -0.15) is 13.2 Å². The molecule has 0 saturated heterocycles. The number of hydrogen-bond acceptors (Lipinski definition) is 3. The molecule has 0 bridgehead atoms.